The number of hydrogen-bond acceptors (Lipinski definition) is 4. The van der Waals surface area contributed by atoms with Gasteiger partial charge in [0, 0.05) is 13.1 Å². The average Bonchev–Trinajstić information content (AvgIpc) is 3.04. The zero-order valence-electron chi connectivity index (χ0n) is 16.1. The van der Waals surface area contributed by atoms with Crippen LogP contribution in [0, 0.1) is 0 Å². The molecule has 0 radical (unpaired) electrons. The van der Waals surface area contributed by atoms with E-state index in [1.807, 2.05) is 36.4 Å². The number of carbonyl (C=O) groups excluding carboxylic acids is 1. The standard InChI is InChI=1S/C23H23NO4S/c25-23(28-21-12-9-18-7-3-4-8-20(18)17-21)19-10-13-22(14-11-19)29(26,27)24-15-5-1-2-6-16-24/h3-4,7-14,17H,1-2,5-6,15-16H2. The summed E-state index contributed by atoms with van der Waals surface area (Å²) in [7, 11) is -3.53. The minimum Gasteiger partial charge on any atom is -0.423 e. The van der Waals surface area contributed by atoms with Crippen LogP contribution >= 0.6 is 0 Å². The molecule has 29 heavy (non-hydrogen) atoms. The van der Waals surface area contributed by atoms with Crippen molar-refractivity contribution >= 4 is 26.8 Å². The molecule has 0 spiro atoms. The van der Waals surface area contributed by atoms with Gasteiger partial charge < -0.3 is 4.74 Å². The van der Waals surface area contributed by atoms with E-state index in [1.165, 1.54) is 24.3 Å². The van der Waals surface area contributed by atoms with Crippen molar-refractivity contribution in [1.29, 1.82) is 0 Å². The number of carbonyl (C=O) groups is 1. The van der Waals surface area contributed by atoms with Crippen molar-refractivity contribution in [2.75, 3.05) is 13.1 Å². The van der Waals surface area contributed by atoms with Crippen LogP contribution in [0.3, 0.4) is 0 Å². The van der Waals surface area contributed by atoms with E-state index in [4.69, 9.17) is 4.74 Å². The lowest BCUT2D eigenvalue weighted by atomic mass is 10.1. The monoisotopic (exact) mass is 409 g/mol. The van der Waals surface area contributed by atoms with Crippen LogP contribution in [0.1, 0.15) is 36.0 Å². The fraction of sp³-hybridized carbons (Fsp3) is 0.261. The molecule has 150 valence electrons. The van der Waals surface area contributed by atoms with Gasteiger partial charge in [0.1, 0.15) is 5.75 Å². The van der Waals surface area contributed by atoms with Crippen molar-refractivity contribution in [1.82, 2.24) is 4.31 Å². The molecule has 4 rings (SSSR count). The number of esters is 1. The summed E-state index contributed by atoms with van der Waals surface area (Å²) in [6.07, 6.45) is 3.89. The van der Waals surface area contributed by atoms with Crippen molar-refractivity contribution in [2.24, 2.45) is 0 Å². The number of hydrogen-bond donors (Lipinski definition) is 0. The van der Waals surface area contributed by atoms with Crippen LogP contribution < -0.4 is 4.74 Å². The number of benzene rings is 3. The Labute approximate surface area is 171 Å². The summed E-state index contributed by atoms with van der Waals surface area (Å²) in [6, 6.07) is 19.3. The van der Waals surface area contributed by atoms with E-state index in [2.05, 4.69) is 0 Å². The number of sulfonamides is 1. The average molecular weight is 410 g/mol. The van der Waals surface area contributed by atoms with Crippen molar-refractivity contribution < 1.29 is 17.9 Å². The Morgan fingerprint density at radius 3 is 2.14 bits per heavy atom. The molecule has 1 heterocycles. The van der Waals surface area contributed by atoms with Gasteiger partial charge in [0.05, 0.1) is 10.5 Å². The molecule has 0 N–H and O–H groups in total. The lowest BCUT2D eigenvalue weighted by molar-refractivity contribution is 0.0735. The van der Waals surface area contributed by atoms with Gasteiger partial charge in [-0.05, 0) is 60.0 Å². The van der Waals surface area contributed by atoms with Crippen molar-refractivity contribution in [3.05, 3.63) is 72.3 Å². The zero-order chi connectivity index (χ0) is 20.3. The largest absolute Gasteiger partial charge is 0.423 e. The fourth-order valence-electron chi connectivity index (χ4n) is 3.59. The third kappa shape index (κ3) is 4.33. The molecule has 0 bridgehead atoms. The molecule has 0 atom stereocenters. The molecule has 6 heteroatoms. The van der Waals surface area contributed by atoms with Gasteiger partial charge in [-0.3, -0.25) is 0 Å². The van der Waals surface area contributed by atoms with E-state index in [0.717, 1.165) is 36.5 Å². The van der Waals surface area contributed by atoms with Crippen LogP contribution in [0.2, 0.25) is 0 Å². The second-order valence-electron chi connectivity index (χ2n) is 7.24. The Hall–Kier alpha value is -2.70. The van der Waals surface area contributed by atoms with Gasteiger partial charge in [-0.15, -0.1) is 0 Å². The Balaban J connectivity index is 1.49. The maximum Gasteiger partial charge on any atom is 0.343 e. The molecule has 1 fully saturated rings. The highest BCUT2D eigenvalue weighted by molar-refractivity contribution is 7.89. The maximum atomic E-state index is 12.8. The van der Waals surface area contributed by atoms with Crippen molar-refractivity contribution in [2.45, 2.75) is 30.6 Å². The SMILES string of the molecule is O=C(Oc1ccc2ccccc2c1)c1ccc(S(=O)(=O)N2CCCCCC2)cc1. The van der Waals surface area contributed by atoms with Crippen molar-refractivity contribution in [3.63, 3.8) is 0 Å². The summed E-state index contributed by atoms with van der Waals surface area (Å²) in [6.45, 7) is 1.10. The van der Waals surface area contributed by atoms with Crippen LogP contribution in [0.4, 0.5) is 0 Å². The Kier molecular flexibility index (Phi) is 5.65. The first-order chi connectivity index (χ1) is 14.0. The van der Waals surface area contributed by atoms with Crippen LogP contribution in [0.25, 0.3) is 10.8 Å². The molecule has 1 aliphatic heterocycles. The summed E-state index contributed by atoms with van der Waals surface area (Å²) in [5.74, 6) is -0.0611. The smallest absolute Gasteiger partial charge is 0.343 e. The van der Waals surface area contributed by atoms with E-state index in [-0.39, 0.29) is 4.90 Å². The quantitative estimate of drug-likeness (QED) is 0.466. The van der Waals surface area contributed by atoms with Gasteiger partial charge in [0.25, 0.3) is 0 Å². The maximum absolute atomic E-state index is 12.8. The second kappa shape index (κ2) is 8.35. The lowest BCUT2D eigenvalue weighted by Gasteiger charge is -2.20. The van der Waals surface area contributed by atoms with E-state index < -0.39 is 16.0 Å². The Bertz CT molecular complexity index is 1120. The Morgan fingerprint density at radius 1 is 0.793 bits per heavy atom. The van der Waals surface area contributed by atoms with Gasteiger partial charge in [-0.1, -0.05) is 43.2 Å². The molecule has 0 aromatic heterocycles. The van der Waals surface area contributed by atoms with Crippen LogP contribution in [0.5, 0.6) is 5.75 Å². The third-order valence-corrected chi connectivity index (χ3v) is 7.14. The summed E-state index contributed by atoms with van der Waals surface area (Å²) in [4.78, 5) is 12.7. The topological polar surface area (TPSA) is 63.7 Å². The number of nitrogens with zero attached hydrogens (tertiary/aromatic N) is 1. The molecule has 1 saturated heterocycles. The first-order valence-electron chi connectivity index (χ1n) is 9.85. The predicted octanol–water partition coefficient (Wildman–Crippen LogP) is 4.62. The summed E-state index contributed by atoms with van der Waals surface area (Å²) >= 11 is 0. The molecule has 0 amide bonds. The molecular formula is C23H23NO4S. The first kappa shape index (κ1) is 19.6. The highest BCUT2D eigenvalue weighted by Gasteiger charge is 2.25. The molecule has 3 aromatic carbocycles. The molecule has 0 aliphatic carbocycles. The highest BCUT2D eigenvalue weighted by atomic mass is 32.2. The van der Waals surface area contributed by atoms with E-state index in [1.54, 1.807) is 10.4 Å². The molecule has 0 unspecified atom stereocenters. The van der Waals surface area contributed by atoms with E-state index >= 15 is 0 Å². The molecule has 0 saturated carbocycles. The molecule has 5 nitrogen and oxygen atoms in total. The van der Waals surface area contributed by atoms with Crippen LogP contribution in [0.15, 0.2) is 71.6 Å². The predicted molar refractivity (Wildman–Crippen MR) is 113 cm³/mol. The third-order valence-electron chi connectivity index (χ3n) is 5.22. The minimum atomic E-state index is -3.53. The molecule has 1 aliphatic rings. The Morgan fingerprint density at radius 2 is 1.45 bits per heavy atom. The van der Waals surface area contributed by atoms with E-state index in [9.17, 15) is 13.2 Å². The van der Waals surface area contributed by atoms with Crippen molar-refractivity contribution in [3.8, 4) is 5.75 Å². The van der Waals surface area contributed by atoms with Gasteiger partial charge in [0.2, 0.25) is 10.0 Å². The molecule has 3 aromatic rings. The first-order valence-corrected chi connectivity index (χ1v) is 11.3. The van der Waals surface area contributed by atoms with E-state index in [0.29, 0.717) is 24.4 Å². The van der Waals surface area contributed by atoms with Crippen LogP contribution in [-0.2, 0) is 10.0 Å². The van der Waals surface area contributed by atoms with Gasteiger partial charge in [0.15, 0.2) is 0 Å². The minimum absolute atomic E-state index is 0.210. The van der Waals surface area contributed by atoms with Gasteiger partial charge >= 0.3 is 5.97 Å². The second-order valence-corrected chi connectivity index (χ2v) is 9.18. The zero-order valence-corrected chi connectivity index (χ0v) is 16.9. The summed E-state index contributed by atoms with van der Waals surface area (Å²) in [5, 5.41) is 2.05. The highest BCUT2D eigenvalue weighted by Crippen LogP contribution is 2.23. The molecular weight excluding hydrogens is 386 g/mol. The van der Waals surface area contributed by atoms with Gasteiger partial charge in [-0.25, -0.2) is 13.2 Å². The number of fused-ring (bicyclic) bond motifs is 1. The van der Waals surface area contributed by atoms with Gasteiger partial charge in [-0.2, -0.15) is 4.31 Å². The number of rotatable bonds is 4. The fourth-order valence-corrected chi connectivity index (χ4v) is 5.11. The van der Waals surface area contributed by atoms with Crippen LogP contribution in [-0.4, -0.2) is 31.8 Å². The normalized spacial score (nSPS) is 15.7. The lowest BCUT2D eigenvalue weighted by Crippen LogP contribution is -2.31. The number of ether oxygens (including phenoxy) is 1. The summed E-state index contributed by atoms with van der Waals surface area (Å²) < 4.78 is 32.7. The summed E-state index contributed by atoms with van der Waals surface area (Å²) in [5.41, 5.74) is 0.313.